The number of hydrazine groups is 1. The fourth-order valence-electron chi connectivity index (χ4n) is 1.96. The van der Waals surface area contributed by atoms with Crippen molar-refractivity contribution in [2.24, 2.45) is 11.8 Å². The highest BCUT2D eigenvalue weighted by Gasteiger charge is 2.13. The monoisotopic (exact) mass is 270 g/mol. The lowest BCUT2D eigenvalue weighted by atomic mass is 9.96. The molecule has 4 heteroatoms. The molecule has 0 saturated heterocycles. The van der Waals surface area contributed by atoms with Gasteiger partial charge in [-0.2, -0.15) is 0 Å². The van der Waals surface area contributed by atoms with E-state index in [1.54, 1.807) is 23.9 Å². The van der Waals surface area contributed by atoms with Crippen LogP contribution in [0.4, 0.5) is 4.39 Å². The van der Waals surface area contributed by atoms with Gasteiger partial charge in [-0.15, -0.1) is 11.8 Å². The van der Waals surface area contributed by atoms with Crippen LogP contribution in [-0.4, -0.2) is 11.8 Å². The van der Waals surface area contributed by atoms with Crippen molar-refractivity contribution in [3.05, 3.63) is 30.1 Å². The van der Waals surface area contributed by atoms with Crippen molar-refractivity contribution >= 4 is 11.8 Å². The fraction of sp³-hybridized carbons (Fsp3) is 0.571. The van der Waals surface area contributed by atoms with E-state index in [1.807, 2.05) is 6.07 Å². The molecule has 0 aliphatic heterocycles. The van der Waals surface area contributed by atoms with E-state index in [2.05, 4.69) is 19.3 Å². The fourth-order valence-corrected chi connectivity index (χ4v) is 2.96. The average molecular weight is 270 g/mol. The van der Waals surface area contributed by atoms with Crippen LogP contribution >= 0.6 is 11.8 Å². The summed E-state index contributed by atoms with van der Waals surface area (Å²) >= 11 is 1.65. The van der Waals surface area contributed by atoms with Crippen LogP contribution in [0.1, 0.15) is 33.1 Å². The van der Waals surface area contributed by atoms with Gasteiger partial charge in [0.15, 0.2) is 0 Å². The van der Waals surface area contributed by atoms with Crippen LogP contribution < -0.4 is 11.3 Å². The zero-order chi connectivity index (χ0) is 13.4. The second-order valence-electron chi connectivity index (χ2n) is 4.55. The lowest BCUT2D eigenvalue weighted by molar-refractivity contribution is 0.387. The maximum absolute atomic E-state index is 13.0. The molecule has 3 N–H and O–H groups in total. The molecule has 0 aromatic heterocycles. The third-order valence-electron chi connectivity index (χ3n) is 3.26. The van der Waals surface area contributed by atoms with Crippen molar-refractivity contribution < 1.29 is 4.39 Å². The van der Waals surface area contributed by atoms with Gasteiger partial charge in [-0.05, 0) is 30.5 Å². The molecule has 0 radical (unpaired) electrons. The van der Waals surface area contributed by atoms with E-state index in [4.69, 9.17) is 5.84 Å². The quantitative estimate of drug-likeness (QED) is 0.431. The topological polar surface area (TPSA) is 38.0 Å². The summed E-state index contributed by atoms with van der Waals surface area (Å²) in [6.45, 7) is 4.42. The minimum atomic E-state index is -0.183. The molecule has 0 aliphatic carbocycles. The van der Waals surface area contributed by atoms with Gasteiger partial charge >= 0.3 is 0 Å². The number of hydrogen-bond donors (Lipinski definition) is 2. The number of hydrogen-bond acceptors (Lipinski definition) is 3. The van der Waals surface area contributed by atoms with Crippen LogP contribution in [0.2, 0.25) is 0 Å². The Labute approximate surface area is 113 Å². The second kappa shape index (κ2) is 8.51. The summed E-state index contributed by atoms with van der Waals surface area (Å²) in [5, 5.41) is 0. The van der Waals surface area contributed by atoms with E-state index in [-0.39, 0.29) is 11.9 Å². The molecule has 1 rings (SSSR count). The van der Waals surface area contributed by atoms with E-state index in [9.17, 15) is 4.39 Å². The molecule has 0 fully saturated rings. The van der Waals surface area contributed by atoms with Gasteiger partial charge in [0, 0.05) is 16.7 Å². The molecule has 0 heterocycles. The molecule has 18 heavy (non-hydrogen) atoms. The van der Waals surface area contributed by atoms with Crippen LogP contribution in [-0.2, 0) is 0 Å². The molecule has 1 aromatic carbocycles. The van der Waals surface area contributed by atoms with Crippen molar-refractivity contribution in [2.75, 3.05) is 5.75 Å². The summed E-state index contributed by atoms with van der Waals surface area (Å²) in [6.07, 6.45) is 3.43. The van der Waals surface area contributed by atoms with Gasteiger partial charge in [0.2, 0.25) is 0 Å². The van der Waals surface area contributed by atoms with Gasteiger partial charge in [0.25, 0.3) is 0 Å². The minimum Gasteiger partial charge on any atom is -0.271 e. The minimum absolute atomic E-state index is 0.183. The first-order valence-corrected chi connectivity index (χ1v) is 7.52. The molecule has 0 amide bonds. The molecule has 0 spiro atoms. The maximum Gasteiger partial charge on any atom is 0.124 e. The summed E-state index contributed by atoms with van der Waals surface area (Å²) in [4.78, 5) is 0.958. The van der Waals surface area contributed by atoms with E-state index in [0.717, 1.165) is 17.1 Å². The van der Waals surface area contributed by atoms with E-state index >= 15 is 0 Å². The number of rotatable bonds is 8. The maximum atomic E-state index is 13.0. The summed E-state index contributed by atoms with van der Waals surface area (Å²) in [7, 11) is 0. The summed E-state index contributed by atoms with van der Waals surface area (Å²) in [5.74, 6) is 6.98. The summed E-state index contributed by atoms with van der Waals surface area (Å²) in [6, 6.07) is 6.98. The molecular formula is C14H23FN2S. The number of benzene rings is 1. The van der Waals surface area contributed by atoms with Gasteiger partial charge in [-0.25, -0.2) is 4.39 Å². The van der Waals surface area contributed by atoms with Gasteiger partial charge in [0.05, 0.1) is 0 Å². The van der Waals surface area contributed by atoms with Crippen LogP contribution in [0.5, 0.6) is 0 Å². The highest BCUT2D eigenvalue weighted by molar-refractivity contribution is 7.99. The SMILES string of the molecule is CCC(CC)CC(CSc1cccc(F)c1)NN. The lowest BCUT2D eigenvalue weighted by Crippen LogP contribution is -2.38. The normalized spacial score (nSPS) is 12.9. The Morgan fingerprint density at radius 3 is 2.61 bits per heavy atom. The Hall–Kier alpha value is -0.580. The zero-order valence-electron chi connectivity index (χ0n) is 11.2. The molecule has 0 saturated carbocycles. The Bertz CT molecular complexity index is 342. The van der Waals surface area contributed by atoms with Gasteiger partial charge in [-0.1, -0.05) is 32.8 Å². The van der Waals surface area contributed by atoms with Crippen molar-refractivity contribution in [1.29, 1.82) is 0 Å². The highest BCUT2D eigenvalue weighted by Crippen LogP contribution is 2.22. The largest absolute Gasteiger partial charge is 0.271 e. The van der Waals surface area contributed by atoms with Crippen molar-refractivity contribution in [2.45, 2.75) is 44.0 Å². The van der Waals surface area contributed by atoms with Gasteiger partial charge < -0.3 is 0 Å². The number of nitrogens with two attached hydrogens (primary N) is 1. The second-order valence-corrected chi connectivity index (χ2v) is 5.64. The Morgan fingerprint density at radius 1 is 1.33 bits per heavy atom. The predicted octanol–water partition coefficient (Wildman–Crippen LogP) is 3.58. The first-order valence-electron chi connectivity index (χ1n) is 6.54. The third kappa shape index (κ3) is 5.38. The standard InChI is InChI=1S/C14H23FN2S/c1-3-11(4-2)8-13(17-16)10-18-14-7-5-6-12(15)9-14/h5-7,9,11,13,17H,3-4,8,10,16H2,1-2H3. The first kappa shape index (κ1) is 15.5. The molecule has 0 bridgehead atoms. The van der Waals surface area contributed by atoms with Crippen LogP contribution in [0.25, 0.3) is 0 Å². The van der Waals surface area contributed by atoms with Crippen LogP contribution in [0, 0.1) is 11.7 Å². The lowest BCUT2D eigenvalue weighted by Gasteiger charge is -2.20. The predicted molar refractivity (Wildman–Crippen MR) is 76.9 cm³/mol. The summed E-state index contributed by atoms with van der Waals surface area (Å²) in [5.41, 5.74) is 2.87. The van der Waals surface area contributed by atoms with Crippen molar-refractivity contribution in [3.8, 4) is 0 Å². The number of nitrogens with one attached hydrogen (secondary N) is 1. The molecule has 1 unspecified atom stereocenters. The Balaban J connectivity index is 2.44. The first-order chi connectivity index (χ1) is 8.69. The summed E-state index contributed by atoms with van der Waals surface area (Å²) < 4.78 is 13.0. The van der Waals surface area contributed by atoms with Crippen molar-refractivity contribution in [3.63, 3.8) is 0 Å². The molecule has 102 valence electrons. The smallest absolute Gasteiger partial charge is 0.124 e. The molecule has 0 aliphatic rings. The van der Waals surface area contributed by atoms with Crippen LogP contribution in [0.15, 0.2) is 29.2 Å². The van der Waals surface area contributed by atoms with E-state index in [0.29, 0.717) is 5.92 Å². The van der Waals surface area contributed by atoms with E-state index < -0.39 is 0 Å². The number of halogens is 1. The third-order valence-corrected chi connectivity index (χ3v) is 4.41. The van der Waals surface area contributed by atoms with E-state index in [1.165, 1.54) is 18.9 Å². The highest BCUT2D eigenvalue weighted by atomic mass is 32.2. The molecule has 1 atom stereocenters. The zero-order valence-corrected chi connectivity index (χ0v) is 12.0. The molecule has 1 aromatic rings. The molecule has 2 nitrogen and oxygen atoms in total. The average Bonchev–Trinajstić information content (AvgIpc) is 2.39. The van der Waals surface area contributed by atoms with Gasteiger partial charge in [0.1, 0.15) is 5.82 Å². The Kier molecular flexibility index (Phi) is 7.32. The van der Waals surface area contributed by atoms with Gasteiger partial charge in [-0.3, -0.25) is 11.3 Å². The Morgan fingerprint density at radius 2 is 2.06 bits per heavy atom. The molecular weight excluding hydrogens is 247 g/mol. The van der Waals surface area contributed by atoms with Crippen LogP contribution in [0.3, 0.4) is 0 Å². The van der Waals surface area contributed by atoms with Crippen molar-refractivity contribution in [1.82, 2.24) is 5.43 Å². The number of thioether (sulfide) groups is 1.